The Morgan fingerprint density at radius 3 is 1.10 bits per heavy atom. The zero-order valence-corrected chi connectivity index (χ0v) is 25.6. The molecule has 0 aliphatic carbocycles. The minimum absolute atomic E-state index is 0. The summed E-state index contributed by atoms with van der Waals surface area (Å²) >= 11 is 0. The first kappa shape index (κ1) is 33.5. The van der Waals surface area contributed by atoms with Gasteiger partial charge in [-0.3, -0.25) is 8.37 Å². The number of benzene rings is 4. The average Bonchev–Trinajstić information content (AvgIpc) is 2.86. The largest absolute Gasteiger partial charge is 2.00 e. The van der Waals surface area contributed by atoms with Gasteiger partial charge < -0.3 is 9.11 Å². The predicted molar refractivity (Wildman–Crippen MR) is 138 cm³/mol. The first-order valence-corrected chi connectivity index (χ1v) is 15.7. The van der Waals surface area contributed by atoms with E-state index in [1.807, 2.05) is 0 Å². The van der Waals surface area contributed by atoms with Crippen LogP contribution in [-0.2, 0) is 48.8 Å². The Morgan fingerprint density at radius 2 is 0.821 bits per heavy atom. The van der Waals surface area contributed by atoms with Crippen LogP contribution in [0.5, 0.6) is 0 Å². The van der Waals surface area contributed by atoms with Crippen LogP contribution in [0.1, 0.15) is 0 Å². The summed E-state index contributed by atoms with van der Waals surface area (Å²) in [6, 6.07) is 17.1. The van der Waals surface area contributed by atoms with Crippen molar-refractivity contribution in [2.75, 3.05) is 14.2 Å². The van der Waals surface area contributed by atoms with Crippen molar-refractivity contribution in [3.63, 3.8) is 0 Å². The Labute approximate surface area is 255 Å². The van der Waals surface area contributed by atoms with Crippen molar-refractivity contribution in [3.05, 3.63) is 72.8 Å². The molecule has 0 spiro atoms. The molecule has 4 rings (SSSR count). The Bertz CT molecular complexity index is 1830. The van der Waals surface area contributed by atoms with Crippen LogP contribution in [0.3, 0.4) is 0 Å². The smallest absolute Gasteiger partial charge is 0.744 e. The van der Waals surface area contributed by atoms with Crippen LogP contribution in [0.4, 0.5) is 0 Å². The van der Waals surface area contributed by atoms with E-state index in [0.717, 1.165) is 26.4 Å². The van der Waals surface area contributed by atoms with E-state index in [2.05, 4.69) is 8.37 Å². The van der Waals surface area contributed by atoms with Gasteiger partial charge in [0.15, 0.2) is 0 Å². The maximum absolute atomic E-state index is 11.9. The first-order chi connectivity index (χ1) is 17.5. The molecule has 0 saturated heterocycles. The summed E-state index contributed by atoms with van der Waals surface area (Å²) < 4.78 is 123. The summed E-state index contributed by atoms with van der Waals surface area (Å²) in [7, 11) is -16.7. The van der Waals surface area contributed by atoms with Gasteiger partial charge in [-0.05, 0) is 22.9 Å². The summed E-state index contributed by atoms with van der Waals surface area (Å²) in [4.78, 5) is -2.87. The third-order valence-corrected chi connectivity index (χ3v) is 9.94. The molecule has 0 atom stereocenters. The summed E-state index contributed by atoms with van der Waals surface area (Å²) in [5.74, 6) is 0. The second-order valence-electron chi connectivity index (χ2n) is 7.38. The Hall–Kier alpha value is -1.70. The Morgan fingerprint density at radius 1 is 0.513 bits per heavy atom. The summed E-state index contributed by atoms with van der Waals surface area (Å²) in [5, 5.41) is 1.23. The van der Waals surface area contributed by atoms with Gasteiger partial charge in [-0.1, -0.05) is 60.7 Å². The zero-order chi connectivity index (χ0) is 28.5. The van der Waals surface area contributed by atoms with E-state index in [4.69, 9.17) is 0 Å². The molecule has 204 valence electrons. The quantitative estimate of drug-likeness (QED) is 0.168. The molecule has 0 unspecified atom stereocenters. The van der Waals surface area contributed by atoms with Crippen LogP contribution in [0, 0.1) is 0 Å². The van der Waals surface area contributed by atoms with Gasteiger partial charge in [0.05, 0.1) is 24.0 Å². The molecule has 0 N–H and O–H groups in total. The minimum Gasteiger partial charge on any atom is -0.744 e. The third kappa shape index (κ3) is 7.34. The van der Waals surface area contributed by atoms with Crippen molar-refractivity contribution in [1.82, 2.24) is 0 Å². The fourth-order valence-corrected chi connectivity index (χ4v) is 7.76. The molecule has 17 heteroatoms. The molecule has 0 aromatic heterocycles. The van der Waals surface area contributed by atoms with Crippen molar-refractivity contribution in [2.24, 2.45) is 0 Å². The van der Waals surface area contributed by atoms with E-state index in [1.54, 1.807) is 24.3 Å². The van der Waals surface area contributed by atoms with E-state index in [9.17, 15) is 42.8 Å². The molecule has 0 aliphatic heterocycles. The fourth-order valence-electron chi connectivity index (χ4n) is 3.52. The van der Waals surface area contributed by atoms with E-state index in [1.165, 1.54) is 36.4 Å². The van der Waals surface area contributed by atoms with Crippen LogP contribution in [0.25, 0.3) is 21.5 Å². The number of hydrogen-bond acceptors (Lipinski definition) is 12. The van der Waals surface area contributed by atoms with Gasteiger partial charge in [-0.2, -0.15) is 16.8 Å². The van der Waals surface area contributed by atoms with Gasteiger partial charge in [0.1, 0.15) is 30.0 Å². The summed E-state index contributed by atoms with van der Waals surface area (Å²) in [6.45, 7) is 0. The van der Waals surface area contributed by atoms with E-state index >= 15 is 0 Å². The molecule has 4 aromatic carbocycles. The van der Waals surface area contributed by atoms with Crippen LogP contribution < -0.4 is 0 Å². The maximum atomic E-state index is 11.9. The van der Waals surface area contributed by atoms with Crippen LogP contribution in [-0.4, -0.2) is 94.7 Å². The fraction of sp³-hybridized carbons (Fsp3) is 0.0909. The molecule has 0 fully saturated rings. The number of fused-ring (bicyclic) bond motifs is 2. The van der Waals surface area contributed by atoms with Gasteiger partial charge >= 0.3 is 37.7 Å². The molecule has 39 heavy (non-hydrogen) atoms. The van der Waals surface area contributed by atoms with E-state index in [0.29, 0.717) is 10.8 Å². The Kier molecular flexibility index (Phi) is 10.7. The standard InChI is InChI=1S/2C11H10O6S2.Ca/c2*1-17-19(15,16)11-9-5-3-2-4-8(9)6-7-10(11)18(12,13)14;/h2*2-7H,1H3,(H,12,13,14);/q;;+2/p-2. The first-order valence-electron chi connectivity index (χ1n) is 10.1. The van der Waals surface area contributed by atoms with Crippen LogP contribution >= 0.6 is 0 Å². The molecule has 0 heterocycles. The molecular formula is C22H18CaO12S4. The average molecular weight is 643 g/mol. The molecule has 0 aliphatic rings. The van der Waals surface area contributed by atoms with Crippen LogP contribution in [0.2, 0.25) is 0 Å². The molecule has 0 amide bonds. The van der Waals surface area contributed by atoms with Crippen LogP contribution in [0.15, 0.2) is 92.4 Å². The topological polar surface area (TPSA) is 201 Å². The van der Waals surface area contributed by atoms with E-state index in [-0.39, 0.29) is 48.5 Å². The van der Waals surface area contributed by atoms with Crippen molar-refractivity contribution in [1.29, 1.82) is 0 Å². The van der Waals surface area contributed by atoms with Crippen molar-refractivity contribution in [2.45, 2.75) is 19.6 Å². The minimum atomic E-state index is -4.93. The second kappa shape index (κ2) is 12.4. The molecule has 4 aromatic rings. The molecular weight excluding hydrogens is 625 g/mol. The van der Waals surface area contributed by atoms with Gasteiger partial charge in [-0.25, -0.2) is 16.8 Å². The van der Waals surface area contributed by atoms with Crippen molar-refractivity contribution < 1.29 is 51.1 Å². The van der Waals surface area contributed by atoms with E-state index < -0.39 is 60.1 Å². The SMILES string of the molecule is COS(=O)(=O)c1c(S(=O)(=O)[O-])ccc2ccccc12.COS(=O)(=O)c1c(S(=O)(=O)[O-])ccc2ccccc12.[Ca+2]. The second-order valence-corrected chi connectivity index (χ2v) is 13.4. The molecule has 0 bridgehead atoms. The molecule has 0 saturated carbocycles. The summed E-state index contributed by atoms with van der Waals surface area (Å²) in [5.41, 5.74) is 0. The van der Waals surface area contributed by atoms with Gasteiger partial charge in [0.2, 0.25) is 0 Å². The predicted octanol–water partition coefficient (Wildman–Crippen LogP) is 1.78. The van der Waals surface area contributed by atoms with Crippen molar-refractivity contribution in [3.8, 4) is 0 Å². The van der Waals surface area contributed by atoms with Crippen molar-refractivity contribution >= 4 is 99.8 Å². The normalized spacial score (nSPS) is 12.4. The summed E-state index contributed by atoms with van der Waals surface area (Å²) in [6.07, 6.45) is 0. The van der Waals surface area contributed by atoms with Gasteiger partial charge in [0.25, 0.3) is 20.2 Å². The Balaban J connectivity index is 0.000000267. The van der Waals surface area contributed by atoms with Gasteiger partial charge in [0, 0.05) is 10.8 Å². The monoisotopic (exact) mass is 642 g/mol. The number of hydrogen-bond donors (Lipinski definition) is 0. The zero-order valence-electron chi connectivity index (χ0n) is 20.2. The molecule has 12 nitrogen and oxygen atoms in total. The maximum Gasteiger partial charge on any atom is 2.00 e. The van der Waals surface area contributed by atoms with Gasteiger partial charge in [-0.15, -0.1) is 0 Å². The third-order valence-electron chi connectivity index (χ3n) is 5.16. The number of rotatable bonds is 6. The molecule has 0 radical (unpaired) electrons.